The zero-order valence-electron chi connectivity index (χ0n) is 20.1. The van der Waals surface area contributed by atoms with Crippen molar-refractivity contribution in [3.63, 3.8) is 0 Å². The molecular weight excluding hydrogens is 446 g/mol. The number of aryl methyl sites for hydroxylation is 1. The van der Waals surface area contributed by atoms with Crippen LogP contribution in [-0.4, -0.2) is 33.4 Å². The number of fused-ring (bicyclic) bond motifs is 2. The highest BCUT2D eigenvalue weighted by Gasteiger charge is 2.25. The van der Waals surface area contributed by atoms with Crippen LogP contribution in [0.15, 0.2) is 58.5 Å². The molecule has 3 aromatic rings. The fraction of sp³-hybridized carbons (Fsp3) is 0.444. The number of carbonyl (C=O) groups is 1. The Balaban J connectivity index is 1.52. The van der Waals surface area contributed by atoms with Gasteiger partial charge >= 0.3 is 0 Å². The van der Waals surface area contributed by atoms with Crippen molar-refractivity contribution < 1.29 is 9.53 Å². The molecule has 2 atom stereocenters. The lowest BCUT2D eigenvalue weighted by Crippen LogP contribution is -2.36. The fourth-order valence-corrected chi connectivity index (χ4v) is 5.32. The molecule has 1 aliphatic carbocycles. The molecule has 1 amide bonds. The lowest BCUT2D eigenvalue weighted by atomic mass is 9.88. The van der Waals surface area contributed by atoms with E-state index in [0.717, 1.165) is 19.3 Å². The number of nitrogens with zero attached hydrogens (tertiary/aromatic N) is 2. The molecule has 0 spiro atoms. The maximum Gasteiger partial charge on any atom is 0.262 e. The number of thioether (sulfide) groups is 1. The number of amides is 1. The van der Waals surface area contributed by atoms with Gasteiger partial charge in [0.15, 0.2) is 5.16 Å². The summed E-state index contributed by atoms with van der Waals surface area (Å²) in [6.45, 7) is 6.93. The normalized spacial score (nSPS) is 16.4. The van der Waals surface area contributed by atoms with Gasteiger partial charge in [-0.3, -0.25) is 14.2 Å². The Bertz CT molecular complexity index is 1210. The smallest absolute Gasteiger partial charge is 0.262 e. The SMILES string of the molecule is CC(C)OCCCn1c(S[C@@H](C)C(=O)N[C@@H]2CCCc3ccccc32)nc2ccccc2c1=O. The predicted molar refractivity (Wildman–Crippen MR) is 137 cm³/mol. The zero-order valence-corrected chi connectivity index (χ0v) is 20.9. The van der Waals surface area contributed by atoms with Crippen LogP contribution in [0.3, 0.4) is 0 Å². The summed E-state index contributed by atoms with van der Waals surface area (Å²) < 4.78 is 7.35. The van der Waals surface area contributed by atoms with Crippen LogP contribution in [0.5, 0.6) is 0 Å². The van der Waals surface area contributed by atoms with Crippen LogP contribution in [0.25, 0.3) is 10.9 Å². The maximum atomic E-state index is 13.3. The lowest BCUT2D eigenvalue weighted by Gasteiger charge is -2.27. The molecule has 180 valence electrons. The number of rotatable bonds is 9. The van der Waals surface area contributed by atoms with E-state index in [9.17, 15) is 9.59 Å². The molecule has 34 heavy (non-hydrogen) atoms. The van der Waals surface area contributed by atoms with Crippen molar-refractivity contribution in [1.82, 2.24) is 14.9 Å². The Kier molecular flexibility index (Phi) is 8.06. The van der Waals surface area contributed by atoms with E-state index in [1.165, 1.54) is 22.9 Å². The van der Waals surface area contributed by atoms with Crippen molar-refractivity contribution in [2.45, 2.75) is 75.6 Å². The second-order valence-electron chi connectivity index (χ2n) is 9.05. The zero-order chi connectivity index (χ0) is 24.1. The summed E-state index contributed by atoms with van der Waals surface area (Å²) in [5.74, 6) is -0.0381. The average Bonchev–Trinajstić information content (AvgIpc) is 2.83. The summed E-state index contributed by atoms with van der Waals surface area (Å²) in [6, 6.07) is 15.7. The number of carbonyl (C=O) groups excluding carboxylic acids is 1. The molecule has 0 saturated carbocycles. The molecule has 0 fully saturated rings. The standard InChI is InChI=1S/C27H33N3O3S/c1-18(2)33-17-9-16-30-26(32)22-13-6-7-14-24(22)29-27(30)34-19(3)25(31)28-23-15-8-11-20-10-4-5-12-21(20)23/h4-7,10,12-14,18-19,23H,8-9,11,15-17H2,1-3H3,(H,28,31)/t19-,23+/m0/s1. The molecule has 0 saturated heterocycles. The molecule has 4 rings (SSSR count). The van der Waals surface area contributed by atoms with Crippen LogP contribution < -0.4 is 10.9 Å². The van der Waals surface area contributed by atoms with Gasteiger partial charge in [0, 0.05) is 13.2 Å². The number of hydrogen-bond donors (Lipinski definition) is 1. The van der Waals surface area contributed by atoms with E-state index in [1.54, 1.807) is 10.6 Å². The Morgan fingerprint density at radius 3 is 2.76 bits per heavy atom. The second kappa shape index (κ2) is 11.2. The third-order valence-electron chi connectivity index (χ3n) is 6.14. The van der Waals surface area contributed by atoms with Crippen molar-refractivity contribution in [1.29, 1.82) is 0 Å². The highest BCUT2D eigenvalue weighted by molar-refractivity contribution is 8.00. The molecule has 0 unspecified atom stereocenters. The topological polar surface area (TPSA) is 73.2 Å². The van der Waals surface area contributed by atoms with Crippen molar-refractivity contribution >= 4 is 28.6 Å². The van der Waals surface area contributed by atoms with Gasteiger partial charge in [0.05, 0.1) is 28.3 Å². The quantitative estimate of drug-likeness (QED) is 0.269. The number of hydrogen-bond acceptors (Lipinski definition) is 5. The van der Waals surface area contributed by atoms with Gasteiger partial charge in [0.2, 0.25) is 5.91 Å². The molecule has 2 aromatic carbocycles. The van der Waals surface area contributed by atoms with Crippen molar-refractivity contribution in [2.75, 3.05) is 6.61 Å². The average molecular weight is 480 g/mol. The minimum absolute atomic E-state index is 0.0282. The summed E-state index contributed by atoms with van der Waals surface area (Å²) in [7, 11) is 0. The third-order valence-corrected chi connectivity index (χ3v) is 7.23. The summed E-state index contributed by atoms with van der Waals surface area (Å²) in [4.78, 5) is 31.2. The Labute approximate surface area is 205 Å². The molecule has 1 heterocycles. The molecule has 0 bridgehead atoms. The van der Waals surface area contributed by atoms with Gasteiger partial charge in [0.25, 0.3) is 5.56 Å². The van der Waals surface area contributed by atoms with Gasteiger partial charge in [-0.25, -0.2) is 4.98 Å². The molecular formula is C27H33N3O3S. The molecule has 1 aliphatic rings. The highest BCUT2D eigenvalue weighted by atomic mass is 32.2. The minimum atomic E-state index is -0.389. The number of aromatic nitrogens is 2. The first-order valence-corrected chi connectivity index (χ1v) is 13.0. The first-order chi connectivity index (χ1) is 16.4. The number of benzene rings is 2. The van der Waals surface area contributed by atoms with Crippen molar-refractivity contribution in [2.24, 2.45) is 0 Å². The van der Waals surface area contributed by atoms with Gasteiger partial charge in [-0.05, 0) is 69.7 Å². The van der Waals surface area contributed by atoms with Gasteiger partial charge < -0.3 is 10.1 Å². The highest BCUT2D eigenvalue weighted by Crippen LogP contribution is 2.30. The van der Waals surface area contributed by atoms with Gasteiger partial charge in [-0.15, -0.1) is 0 Å². The Morgan fingerprint density at radius 2 is 1.94 bits per heavy atom. The minimum Gasteiger partial charge on any atom is -0.379 e. The van der Waals surface area contributed by atoms with Gasteiger partial charge in [-0.1, -0.05) is 48.2 Å². The first kappa shape index (κ1) is 24.5. The van der Waals surface area contributed by atoms with Gasteiger partial charge in [0.1, 0.15) is 0 Å². The van der Waals surface area contributed by atoms with E-state index < -0.39 is 0 Å². The molecule has 1 N–H and O–H groups in total. The molecule has 0 radical (unpaired) electrons. The van der Waals surface area contributed by atoms with Crippen LogP contribution >= 0.6 is 11.8 Å². The Morgan fingerprint density at radius 1 is 1.18 bits per heavy atom. The number of para-hydroxylation sites is 1. The van der Waals surface area contributed by atoms with Gasteiger partial charge in [-0.2, -0.15) is 0 Å². The second-order valence-corrected chi connectivity index (χ2v) is 10.4. The maximum absolute atomic E-state index is 13.3. The van der Waals surface area contributed by atoms with Crippen LogP contribution in [0.2, 0.25) is 0 Å². The van der Waals surface area contributed by atoms with E-state index in [4.69, 9.17) is 9.72 Å². The van der Waals surface area contributed by atoms with Crippen LogP contribution in [-0.2, 0) is 22.5 Å². The first-order valence-electron chi connectivity index (χ1n) is 12.1. The molecule has 6 nitrogen and oxygen atoms in total. The van der Waals surface area contributed by atoms with E-state index in [1.807, 2.05) is 45.0 Å². The largest absolute Gasteiger partial charge is 0.379 e. The van der Waals surface area contributed by atoms with E-state index in [2.05, 4.69) is 23.5 Å². The summed E-state index contributed by atoms with van der Waals surface area (Å²) in [6.07, 6.45) is 3.91. The third kappa shape index (κ3) is 5.70. The predicted octanol–water partition coefficient (Wildman–Crippen LogP) is 4.89. The fourth-order valence-electron chi connectivity index (χ4n) is 4.38. The van der Waals surface area contributed by atoms with Crippen LogP contribution in [0.4, 0.5) is 0 Å². The molecule has 1 aromatic heterocycles. The number of ether oxygens (including phenoxy) is 1. The summed E-state index contributed by atoms with van der Waals surface area (Å²) >= 11 is 1.34. The number of nitrogens with one attached hydrogen (secondary N) is 1. The summed E-state index contributed by atoms with van der Waals surface area (Å²) in [5.41, 5.74) is 3.10. The van der Waals surface area contributed by atoms with Crippen LogP contribution in [0.1, 0.15) is 57.2 Å². The summed E-state index contributed by atoms with van der Waals surface area (Å²) in [5, 5.41) is 4.01. The monoisotopic (exact) mass is 479 g/mol. The lowest BCUT2D eigenvalue weighted by molar-refractivity contribution is -0.121. The van der Waals surface area contributed by atoms with E-state index in [0.29, 0.717) is 35.6 Å². The molecule has 7 heteroatoms. The molecule has 0 aliphatic heterocycles. The van der Waals surface area contributed by atoms with Crippen molar-refractivity contribution in [3.8, 4) is 0 Å². The van der Waals surface area contributed by atoms with E-state index >= 15 is 0 Å². The van der Waals surface area contributed by atoms with Crippen molar-refractivity contribution in [3.05, 3.63) is 70.0 Å². The van der Waals surface area contributed by atoms with E-state index in [-0.39, 0.29) is 28.9 Å². The van der Waals surface area contributed by atoms with Crippen LogP contribution in [0, 0.1) is 0 Å². The Hall–Kier alpha value is -2.64.